The van der Waals surface area contributed by atoms with Crippen molar-refractivity contribution in [2.45, 2.75) is 29.8 Å². The summed E-state index contributed by atoms with van der Waals surface area (Å²) in [6, 6.07) is 15.5. The second-order valence-corrected chi connectivity index (χ2v) is 8.26. The number of ether oxygens (including phenoxy) is 1. The number of hydroxylamine groups is 2. The van der Waals surface area contributed by atoms with E-state index in [9.17, 15) is 4.79 Å². The van der Waals surface area contributed by atoms with Crippen LogP contribution in [0.5, 0.6) is 5.75 Å². The Morgan fingerprint density at radius 2 is 1.97 bits per heavy atom. The number of piperidine rings is 1. The van der Waals surface area contributed by atoms with Crippen LogP contribution in [-0.2, 0) is 9.68 Å². The van der Waals surface area contributed by atoms with Gasteiger partial charge < -0.3 is 14.4 Å². The van der Waals surface area contributed by atoms with Crippen LogP contribution in [0.25, 0.3) is 0 Å². The van der Waals surface area contributed by atoms with Gasteiger partial charge in [0.1, 0.15) is 11.4 Å². The summed E-state index contributed by atoms with van der Waals surface area (Å²) in [6.07, 6.45) is 3.74. The summed E-state index contributed by atoms with van der Waals surface area (Å²) in [6.45, 7) is 1.19. The predicted molar refractivity (Wildman–Crippen MR) is 117 cm³/mol. The Balaban J connectivity index is 1.27. The van der Waals surface area contributed by atoms with E-state index in [4.69, 9.17) is 14.4 Å². The molecule has 4 rings (SSSR count). The lowest BCUT2D eigenvalue weighted by Gasteiger charge is -2.35. The van der Waals surface area contributed by atoms with E-state index in [0.717, 1.165) is 41.2 Å². The number of hydrogen-bond acceptors (Lipinski definition) is 7. The molecule has 0 atom stereocenters. The van der Waals surface area contributed by atoms with Gasteiger partial charge in [0.15, 0.2) is 0 Å². The van der Waals surface area contributed by atoms with Gasteiger partial charge in [0.25, 0.3) is 0 Å². The van der Waals surface area contributed by atoms with Crippen molar-refractivity contribution >= 4 is 29.3 Å². The van der Waals surface area contributed by atoms with Gasteiger partial charge in [0.05, 0.1) is 12.8 Å². The number of hydrogen-bond donors (Lipinski definition) is 1. The maximum absolute atomic E-state index is 12.2. The van der Waals surface area contributed by atoms with E-state index < -0.39 is 6.09 Å². The molecule has 2 aliphatic heterocycles. The molecule has 1 amide bonds. The van der Waals surface area contributed by atoms with Gasteiger partial charge in [0, 0.05) is 48.5 Å². The molecule has 0 bridgehead atoms. The minimum atomic E-state index is -0.483. The minimum Gasteiger partial charge on any atom is -0.497 e. The molecule has 2 aromatic carbocycles. The van der Waals surface area contributed by atoms with Crippen LogP contribution in [0.15, 0.2) is 58.6 Å². The largest absolute Gasteiger partial charge is 0.497 e. The van der Waals surface area contributed by atoms with Gasteiger partial charge in [-0.3, -0.25) is 5.32 Å². The van der Waals surface area contributed by atoms with Crippen LogP contribution in [-0.4, -0.2) is 48.9 Å². The number of anilines is 1. The third kappa shape index (κ3) is 4.71. The molecule has 30 heavy (non-hydrogen) atoms. The van der Waals surface area contributed by atoms with Gasteiger partial charge in [-0.15, -0.1) is 16.8 Å². The summed E-state index contributed by atoms with van der Waals surface area (Å²) in [5.74, 6) is 0.800. The zero-order chi connectivity index (χ0) is 21.0. The number of thioether (sulfide) groups is 1. The van der Waals surface area contributed by atoms with Crippen LogP contribution in [0.2, 0.25) is 0 Å². The highest BCUT2D eigenvalue weighted by Gasteiger charge is 2.43. The number of carbonyl (C=O) groups excluding carboxylic acids is 1. The number of nitrogens with zero attached hydrogens (tertiary/aromatic N) is 2. The molecule has 0 aliphatic carbocycles. The fraction of sp³-hybridized carbons (Fsp3) is 0.364. The summed E-state index contributed by atoms with van der Waals surface area (Å²) >= 11 is 1.65. The smallest absolute Gasteiger partial charge is 0.430 e. The molecule has 1 spiro atoms. The minimum absolute atomic E-state index is 0.331. The van der Waals surface area contributed by atoms with Crippen LogP contribution >= 0.6 is 11.8 Å². The number of nitrogens with one attached hydrogen (secondary N) is 1. The maximum Gasteiger partial charge on any atom is 0.430 e. The average Bonchev–Trinajstić information content (AvgIpc) is 3.20. The molecular weight excluding hydrogens is 402 g/mol. The summed E-state index contributed by atoms with van der Waals surface area (Å²) in [7, 11) is 1.65. The maximum atomic E-state index is 12.2. The first kappa shape index (κ1) is 20.6. The lowest BCUT2D eigenvalue weighted by molar-refractivity contribution is -0.154. The Kier molecular flexibility index (Phi) is 6.15. The Labute approximate surface area is 180 Å². The van der Waals surface area contributed by atoms with E-state index in [0.29, 0.717) is 18.8 Å². The molecule has 2 aliphatic rings. The van der Waals surface area contributed by atoms with Crippen LogP contribution in [0.4, 0.5) is 10.5 Å². The number of amides is 1. The number of benzene rings is 2. The third-order valence-electron chi connectivity index (χ3n) is 5.42. The van der Waals surface area contributed by atoms with Crippen LogP contribution in [0.3, 0.4) is 0 Å². The van der Waals surface area contributed by atoms with Crippen molar-refractivity contribution in [1.82, 2.24) is 5.06 Å². The zero-order valence-electron chi connectivity index (χ0n) is 17.1. The molecule has 1 N–H and O–H groups in total. The van der Waals surface area contributed by atoms with Gasteiger partial charge in [-0.05, 0) is 42.7 Å². The Morgan fingerprint density at radius 3 is 2.67 bits per heavy atom. The van der Waals surface area contributed by atoms with Crippen molar-refractivity contribution in [2.75, 3.05) is 31.8 Å². The molecule has 158 valence electrons. The predicted octanol–water partition coefficient (Wildman–Crippen LogP) is 4.54. The summed E-state index contributed by atoms with van der Waals surface area (Å²) in [5.41, 5.74) is 2.32. The number of rotatable bonds is 5. The summed E-state index contributed by atoms with van der Waals surface area (Å²) in [4.78, 5) is 24.7. The normalized spacial score (nSPS) is 17.9. The second kappa shape index (κ2) is 8.97. The monoisotopic (exact) mass is 427 g/mol. The highest BCUT2D eigenvalue weighted by molar-refractivity contribution is 7.98. The van der Waals surface area contributed by atoms with Crippen LogP contribution < -0.4 is 10.1 Å². The van der Waals surface area contributed by atoms with Crippen LogP contribution in [0, 0.1) is 0 Å². The van der Waals surface area contributed by atoms with Crippen molar-refractivity contribution in [1.29, 1.82) is 0 Å². The molecule has 0 unspecified atom stereocenters. The van der Waals surface area contributed by atoms with E-state index in [1.165, 1.54) is 0 Å². The van der Waals surface area contributed by atoms with Crippen molar-refractivity contribution < 1.29 is 19.2 Å². The lowest BCUT2D eigenvalue weighted by atomic mass is 9.86. The molecule has 1 saturated heterocycles. The van der Waals surface area contributed by atoms with Gasteiger partial charge >= 0.3 is 6.09 Å². The Morgan fingerprint density at radius 1 is 1.20 bits per heavy atom. The molecule has 0 radical (unpaired) electrons. The van der Waals surface area contributed by atoms with E-state index in [1.54, 1.807) is 23.9 Å². The molecular formula is C22H25N3O4S. The van der Waals surface area contributed by atoms with Gasteiger partial charge in [-0.2, -0.15) is 0 Å². The highest BCUT2D eigenvalue weighted by atomic mass is 32.2. The molecule has 8 heteroatoms. The SMILES string of the molecule is COc1cccc(C2=NOC3(CCN(OC(=O)Nc4ccc(SC)cc4)CC3)C2)c1. The number of methoxy groups -OCH3 is 1. The first-order valence-electron chi connectivity index (χ1n) is 9.87. The van der Waals surface area contributed by atoms with E-state index in [2.05, 4.69) is 10.5 Å². The lowest BCUT2D eigenvalue weighted by Crippen LogP contribution is -2.45. The fourth-order valence-electron chi connectivity index (χ4n) is 3.66. The molecule has 0 saturated carbocycles. The average molecular weight is 428 g/mol. The van der Waals surface area contributed by atoms with E-state index >= 15 is 0 Å². The van der Waals surface area contributed by atoms with Crippen molar-refractivity contribution in [2.24, 2.45) is 5.16 Å². The molecule has 0 aromatic heterocycles. The fourth-order valence-corrected chi connectivity index (χ4v) is 4.07. The highest BCUT2D eigenvalue weighted by Crippen LogP contribution is 2.36. The van der Waals surface area contributed by atoms with Gasteiger partial charge in [-0.25, -0.2) is 4.79 Å². The standard InChI is InChI=1S/C22H25N3O4S/c1-27-18-5-3-4-16(14-18)20-15-22(29-24-20)10-12-25(13-11-22)28-21(26)23-17-6-8-19(30-2)9-7-17/h3-9,14H,10-13,15H2,1-2H3,(H,23,26). The van der Waals surface area contributed by atoms with Crippen molar-refractivity contribution in [3.05, 3.63) is 54.1 Å². The third-order valence-corrected chi connectivity index (χ3v) is 6.17. The molecule has 1 fully saturated rings. The molecule has 2 aromatic rings. The zero-order valence-corrected chi connectivity index (χ0v) is 17.9. The number of carbonyl (C=O) groups is 1. The summed E-state index contributed by atoms with van der Waals surface area (Å²) < 4.78 is 5.30. The molecule has 2 heterocycles. The summed E-state index contributed by atoms with van der Waals surface area (Å²) in [5, 5.41) is 8.78. The first-order chi connectivity index (χ1) is 14.6. The quantitative estimate of drug-likeness (QED) is 0.707. The molecule has 7 nitrogen and oxygen atoms in total. The van der Waals surface area contributed by atoms with E-state index in [-0.39, 0.29) is 5.60 Å². The second-order valence-electron chi connectivity index (χ2n) is 7.38. The Bertz CT molecular complexity index is 924. The van der Waals surface area contributed by atoms with Crippen LogP contribution in [0.1, 0.15) is 24.8 Å². The van der Waals surface area contributed by atoms with Gasteiger partial charge in [-0.1, -0.05) is 17.3 Å². The van der Waals surface area contributed by atoms with Crippen molar-refractivity contribution in [3.8, 4) is 5.75 Å². The number of oxime groups is 1. The van der Waals surface area contributed by atoms with Crippen molar-refractivity contribution in [3.63, 3.8) is 0 Å². The van der Waals surface area contributed by atoms with E-state index in [1.807, 2.05) is 54.8 Å². The Hall–Kier alpha value is -2.71. The van der Waals surface area contributed by atoms with Gasteiger partial charge in [0.2, 0.25) is 0 Å². The first-order valence-corrected chi connectivity index (χ1v) is 11.1. The topological polar surface area (TPSA) is 72.4 Å².